The SMILES string of the molecule is Cc1nc(NC(=N)N)nc2c1CN(OC(=O)OC(C)(C)C)CC2. The Labute approximate surface area is 134 Å². The van der Waals surface area contributed by atoms with Crippen molar-refractivity contribution in [3.05, 3.63) is 17.0 Å². The van der Waals surface area contributed by atoms with Gasteiger partial charge in [0.05, 0.1) is 12.2 Å². The van der Waals surface area contributed by atoms with Gasteiger partial charge in [0.25, 0.3) is 0 Å². The van der Waals surface area contributed by atoms with Gasteiger partial charge in [-0.1, -0.05) is 0 Å². The van der Waals surface area contributed by atoms with Crippen molar-refractivity contribution >= 4 is 18.1 Å². The Morgan fingerprint density at radius 2 is 2.09 bits per heavy atom. The van der Waals surface area contributed by atoms with Crippen molar-refractivity contribution in [3.63, 3.8) is 0 Å². The Morgan fingerprint density at radius 3 is 2.70 bits per heavy atom. The lowest BCUT2D eigenvalue weighted by atomic mass is 10.1. The van der Waals surface area contributed by atoms with Crippen molar-refractivity contribution in [2.45, 2.75) is 46.3 Å². The Kier molecular flexibility index (Phi) is 4.69. The van der Waals surface area contributed by atoms with Crippen LogP contribution in [0, 0.1) is 12.3 Å². The molecule has 23 heavy (non-hydrogen) atoms. The minimum Gasteiger partial charge on any atom is -0.427 e. The number of aryl methyl sites for hydroxylation is 1. The zero-order valence-corrected chi connectivity index (χ0v) is 13.8. The van der Waals surface area contributed by atoms with Gasteiger partial charge in [-0.25, -0.2) is 14.8 Å². The van der Waals surface area contributed by atoms with Crippen molar-refractivity contribution in [1.29, 1.82) is 5.41 Å². The summed E-state index contributed by atoms with van der Waals surface area (Å²) in [7, 11) is 0. The lowest BCUT2D eigenvalue weighted by Crippen LogP contribution is -2.36. The van der Waals surface area contributed by atoms with E-state index < -0.39 is 11.8 Å². The number of fused-ring (bicyclic) bond motifs is 1. The van der Waals surface area contributed by atoms with Gasteiger partial charge >= 0.3 is 6.16 Å². The number of carbonyl (C=O) groups excluding carboxylic acids is 1. The first-order valence-corrected chi connectivity index (χ1v) is 7.27. The maximum atomic E-state index is 11.7. The van der Waals surface area contributed by atoms with Crippen LogP contribution in [0.5, 0.6) is 0 Å². The van der Waals surface area contributed by atoms with Crippen LogP contribution in [0.15, 0.2) is 0 Å². The summed E-state index contributed by atoms with van der Waals surface area (Å²) in [5.41, 5.74) is 7.19. The fourth-order valence-corrected chi connectivity index (χ4v) is 2.18. The topological polar surface area (TPSA) is 126 Å². The molecule has 1 aliphatic heterocycles. The molecule has 1 aromatic rings. The van der Waals surface area contributed by atoms with Gasteiger partial charge < -0.3 is 15.3 Å². The number of nitrogens with one attached hydrogen (secondary N) is 2. The van der Waals surface area contributed by atoms with Crippen LogP contribution in [0.2, 0.25) is 0 Å². The summed E-state index contributed by atoms with van der Waals surface area (Å²) in [6.07, 6.45) is -0.136. The fourth-order valence-electron chi connectivity index (χ4n) is 2.18. The number of guanidine groups is 1. The molecule has 0 saturated carbocycles. The highest BCUT2D eigenvalue weighted by atomic mass is 16.8. The summed E-state index contributed by atoms with van der Waals surface area (Å²) in [6.45, 7) is 8.07. The number of carbonyl (C=O) groups is 1. The van der Waals surface area contributed by atoms with Gasteiger partial charge in [0, 0.05) is 24.2 Å². The molecule has 2 rings (SSSR count). The summed E-state index contributed by atoms with van der Waals surface area (Å²) in [5, 5.41) is 11.3. The van der Waals surface area contributed by atoms with Crippen LogP contribution in [0.1, 0.15) is 37.7 Å². The molecule has 0 spiro atoms. The van der Waals surface area contributed by atoms with Crippen LogP contribution >= 0.6 is 0 Å². The van der Waals surface area contributed by atoms with Gasteiger partial charge in [-0.3, -0.25) is 10.7 Å². The van der Waals surface area contributed by atoms with Crippen molar-refractivity contribution in [2.75, 3.05) is 11.9 Å². The molecule has 2 heterocycles. The third kappa shape index (κ3) is 4.78. The predicted molar refractivity (Wildman–Crippen MR) is 83.7 cm³/mol. The Morgan fingerprint density at radius 1 is 1.39 bits per heavy atom. The minimum absolute atomic E-state index is 0.213. The number of hydrogen-bond acceptors (Lipinski definition) is 7. The molecular formula is C14H22N6O3. The van der Waals surface area contributed by atoms with Gasteiger partial charge in [-0.15, -0.1) is 5.06 Å². The number of hydrogen-bond donors (Lipinski definition) is 3. The highest BCUT2D eigenvalue weighted by Crippen LogP contribution is 2.22. The third-order valence-corrected chi connectivity index (χ3v) is 3.07. The van der Waals surface area contributed by atoms with Crippen LogP contribution in [0.3, 0.4) is 0 Å². The Hall–Kier alpha value is -2.42. The van der Waals surface area contributed by atoms with E-state index in [1.807, 2.05) is 6.92 Å². The van der Waals surface area contributed by atoms with E-state index in [0.29, 0.717) is 25.5 Å². The zero-order valence-electron chi connectivity index (χ0n) is 13.8. The average Bonchev–Trinajstić information content (AvgIpc) is 2.36. The van der Waals surface area contributed by atoms with E-state index in [0.717, 1.165) is 17.0 Å². The molecule has 0 bridgehead atoms. The second kappa shape index (κ2) is 6.37. The lowest BCUT2D eigenvalue weighted by molar-refractivity contribution is -0.151. The molecule has 0 aliphatic carbocycles. The third-order valence-electron chi connectivity index (χ3n) is 3.07. The molecule has 0 amide bonds. The van der Waals surface area contributed by atoms with Crippen LogP contribution in [0.4, 0.5) is 10.7 Å². The second-order valence-corrected chi connectivity index (χ2v) is 6.27. The first-order valence-electron chi connectivity index (χ1n) is 7.27. The quantitative estimate of drug-likeness (QED) is 0.422. The summed E-state index contributed by atoms with van der Waals surface area (Å²) in [5.74, 6) is 0.0882. The second-order valence-electron chi connectivity index (χ2n) is 6.27. The van der Waals surface area contributed by atoms with E-state index in [9.17, 15) is 4.79 Å². The number of aromatic nitrogens is 2. The Balaban J connectivity index is 2.06. The standard InChI is InChI=1S/C14H22N6O3/c1-8-9-7-20(23-13(21)22-14(2,3)4)6-5-10(9)18-12(17-8)19-11(15)16/h5-7H2,1-4H3,(H4,15,16,17,18,19). The van der Waals surface area contributed by atoms with Crippen LogP contribution in [-0.4, -0.2) is 39.3 Å². The summed E-state index contributed by atoms with van der Waals surface area (Å²) >= 11 is 0. The Bertz CT molecular complexity index is 626. The highest BCUT2D eigenvalue weighted by molar-refractivity contribution is 5.87. The molecule has 0 radical (unpaired) electrons. The first-order chi connectivity index (χ1) is 10.6. The normalized spacial score (nSPS) is 14.8. The zero-order chi connectivity index (χ0) is 17.2. The molecule has 9 nitrogen and oxygen atoms in total. The fraction of sp³-hybridized carbons (Fsp3) is 0.571. The van der Waals surface area contributed by atoms with Gasteiger partial charge in [-0.05, 0) is 27.7 Å². The molecule has 0 aromatic carbocycles. The van der Waals surface area contributed by atoms with E-state index in [1.165, 1.54) is 5.06 Å². The number of hydroxylamine groups is 2. The number of nitrogens with two attached hydrogens (primary N) is 1. The molecular weight excluding hydrogens is 300 g/mol. The van der Waals surface area contributed by atoms with Crippen molar-refractivity contribution in [3.8, 4) is 0 Å². The molecule has 4 N–H and O–H groups in total. The largest absolute Gasteiger partial charge is 0.528 e. The van der Waals surface area contributed by atoms with Crippen molar-refractivity contribution in [2.24, 2.45) is 5.73 Å². The highest BCUT2D eigenvalue weighted by Gasteiger charge is 2.26. The number of ether oxygens (including phenoxy) is 1. The first kappa shape index (κ1) is 16.9. The van der Waals surface area contributed by atoms with Crippen LogP contribution < -0.4 is 11.1 Å². The molecule has 0 atom stereocenters. The van der Waals surface area contributed by atoms with E-state index in [4.69, 9.17) is 20.7 Å². The maximum Gasteiger partial charge on any atom is 0.528 e. The molecule has 0 saturated heterocycles. The van der Waals surface area contributed by atoms with Gasteiger partial charge in [0.2, 0.25) is 5.95 Å². The average molecular weight is 322 g/mol. The van der Waals surface area contributed by atoms with Crippen LogP contribution in [-0.2, 0) is 22.5 Å². The molecule has 126 valence electrons. The maximum absolute atomic E-state index is 11.7. The summed E-state index contributed by atoms with van der Waals surface area (Å²) in [6, 6.07) is 0. The molecule has 9 heteroatoms. The van der Waals surface area contributed by atoms with E-state index >= 15 is 0 Å². The molecule has 1 aromatic heterocycles. The minimum atomic E-state index is -0.727. The van der Waals surface area contributed by atoms with Crippen LogP contribution in [0.25, 0.3) is 0 Å². The molecule has 0 unspecified atom stereocenters. The smallest absolute Gasteiger partial charge is 0.427 e. The lowest BCUT2D eigenvalue weighted by Gasteiger charge is -2.28. The number of nitrogens with zero attached hydrogens (tertiary/aromatic N) is 3. The van der Waals surface area contributed by atoms with Gasteiger partial charge in [0.15, 0.2) is 5.96 Å². The van der Waals surface area contributed by atoms with Crippen molar-refractivity contribution < 1.29 is 14.4 Å². The van der Waals surface area contributed by atoms with E-state index in [2.05, 4.69) is 15.3 Å². The van der Waals surface area contributed by atoms with Gasteiger partial charge in [0.1, 0.15) is 5.60 Å². The monoisotopic (exact) mass is 322 g/mol. The van der Waals surface area contributed by atoms with Gasteiger partial charge in [-0.2, -0.15) is 0 Å². The van der Waals surface area contributed by atoms with E-state index in [-0.39, 0.29) is 5.96 Å². The number of anilines is 1. The van der Waals surface area contributed by atoms with E-state index in [1.54, 1.807) is 20.8 Å². The number of rotatable bonds is 2. The molecule has 0 fully saturated rings. The summed E-state index contributed by atoms with van der Waals surface area (Å²) < 4.78 is 5.14. The predicted octanol–water partition coefficient (Wildman–Crippen LogP) is 1.32. The van der Waals surface area contributed by atoms with Crippen molar-refractivity contribution in [1.82, 2.24) is 15.0 Å². The molecule has 1 aliphatic rings. The summed E-state index contributed by atoms with van der Waals surface area (Å²) in [4.78, 5) is 25.6.